The van der Waals surface area contributed by atoms with E-state index < -0.39 is 0 Å². The Morgan fingerprint density at radius 2 is 2.24 bits per heavy atom. The van der Waals surface area contributed by atoms with Crippen molar-refractivity contribution in [2.75, 3.05) is 19.7 Å². The average Bonchev–Trinajstić information content (AvgIpc) is 2.68. The molecule has 3 aliphatic rings. The average molecular weight is 238 g/mol. The van der Waals surface area contributed by atoms with Crippen LogP contribution in [-0.2, 0) is 9.53 Å². The Bertz CT molecular complexity index is 291. The molecule has 0 unspecified atom stereocenters. The Morgan fingerprint density at radius 3 is 3.00 bits per heavy atom. The standard InChI is InChI=1S/C13H22N2O2/c16-13(15-10-2-1-3-10)6-12-11-4-5-14-7-9(11)8-17-12/h9-12,14H,1-8H2,(H,15,16)/t9-,11-,12-/m1/s1. The van der Waals surface area contributed by atoms with Crippen LogP contribution in [0.15, 0.2) is 0 Å². The van der Waals surface area contributed by atoms with E-state index in [0.29, 0.717) is 24.3 Å². The van der Waals surface area contributed by atoms with Crippen molar-refractivity contribution in [3.8, 4) is 0 Å². The SMILES string of the molecule is O=C(C[C@H]1OC[C@H]2CNCC[C@H]21)NC1CCC1. The van der Waals surface area contributed by atoms with Crippen LogP contribution in [0.1, 0.15) is 32.1 Å². The van der Waals surface area contributed by atoms with E-state index in [1.54, 1.807) is 0 Å². The number of rotatable bonds is 3. The van der Waals surface area contributed by atoms with E-state index in [1.165, 1.54) is 6.42 Å². The molecule has 0 aromatic carbocycles. The largest absolute Gasteiger partial charge is 0.377 e. The van der Waals surface area contributed by atoms with Crippen molar-refractivity contribution >= 4 is 5.91 Å². The molecular weight excluding hydrogens is 216 g/mol. The third-order valence-electron chi connectivity index (χ3n) is 4.53. The topological polar surface area (TPSA) is 50.4 Å². The fourth-order valence-corrected chi connectivity index (χ4v) is 3.22. The summed E-state index contributed by atoms with van der Waals surface area (Å²) in [6, 6.07) is 0.452. The molecule has 1 aliphatic carbocycles. The van der Waals surface area contributed by atoms with Crippen molar-refractivity contribution in [2.24, 2.45) is 11.8 Å². The zero-order chi connectivity index (χ0) is 11.7. The van der Waals surface area contributed by atoms with Gasteiger partial charge in [0.1, 0.15) is 0 Å². The lowest BCUT2D eigenvalue weighted by atomic mass is 9.84. The maximum atomic E-state index is 11.9. The second kappa shape index (κ2) is 4.94. The Balaban J connectivity index is 1.49. The first-order chi connectivity index (χ1) is 8.33. The van der Waals surface area contributed by atoms with Gasteiger partial charge in [-0.25, -0.2) is 0 Å². The van der Waals surface area contributed by atoms with Crippen LogP contribution in [0.25, 0.3) is 0 Å². The van der Waals surface area contributed by atoms with Gasteiger partial charge < -0.3 is 15.4 Å². The molecule has 2 saturated heterocycles. The Morgan fingerprint density at radius 1 is 1.35 bits per heavy atom. The van der Waals surface area contributed by atoms with E-state index >= 15 is 0 Å². The molecule has 3 rings (SSSR count). The van der Waals surface area contributed by atoms with Crippen molar-refractivity contribution in [3.63, 3.8) is 0 Å². The van der Waals surface area contributed by atoms with Crippen LogP contribution in [0.4, 0.5) is 0 Å². The molecule has 2 heterocycles. The van der Waals surface area contributed by atoms with Crippen molar-refractivity contribution in [1.82, 2.24) is 10.6 Å². The smallest absolute Gasteiger partial charge is 0.222 e. The zero-order valence-corrected chi connectivity index (χ0v) is 10.3. The molecule has 1 saturated carbocycles. The van der Waals surface area contributed by atoms with Crippen molar-refractivity contribution in [2.45, 2.75) is 44.2 Å². The predicted octanol–water partition coefficient (Wildman–Crippen LogP) is 0.670. The van der Waals surface area contributed by atoms with Crippen LogP contribution in [0, 0.1) is 11.8 Å². The summed E-state index contributed by atoms with van der Waals surface area (Å²) in [6.07, 6.45) is 5.48. The maximum absolute atomic E-state index is 11.9. The molecule has 96 valence electrons. The highest BCUT2D eigenvalue weighted by Crippen LogP contribution is 2.33. The molecule has 3 fully saturated rings. The minimum absolute atomic E-state index is 0.169. The number of hydrogen-bond donors (Lipinski definition) is 2. The second-order valence-electron chi connectivity index (χ2n) is 5.69. The van der Waals surface area contributed by atoms with Crippen LogP contribution in [0.2, 0.25) is 0 Å². The van der Waals surface area contributed by atoms with Crippen molar-refractivity contribution in [1.29, 1.82) is 0 Å². The van der Waals surface area contributed by atoms with Gasteiger partial charge in [0.2, 0.25) is 5.91 Å². The molecule has 0 radical (unpaired) electrons. The predicted molar refractivity (Wildman–Crippen MR) is 64.6 cm³/mol. The van der Waals surface area contributed by atoms with E-state index in [-0.39, 0.29) is 12.0 Å². The lowest BCUT2D eigenvalue weighted by Gasteiger charge is -2.29. The maximum Gasteiger partial charge on any atom is 0.222 e. The second-order valence-corrected chi connectivity index (χ2v) is 5.69. The minimum atomic E-state index is 0.169. The summed E-state index contributed by atoms with van der Waals surface area (Å²) < 4.78 is 5.80. The van der Waals surface area contributed by atoms with Gasteiger partial charge in [0.25, 0.3) is 0 Å². The number of amides is 1. The fraction of sp³-hybridized carbons (Fsp3) is 0.923. The van der Waals surface area contributed by atoms with Crippen LogP contribution >= 0.6 is 0 Å². The van der Waals surface area contributed by atoms with Gasteiger partial charge in [-0.2, -0.15) is 0 Å². The molecule has 17 heavy (non-hydrogen) atoms. The van der Waals surface area contributed by atoms with E-state index in [1.807, 2.05) is 0 Å². The lowest BCUT2D eigenvalue weighted by molar-refractivity contribution is -0.125. The molecule has 2 aliphatic heterocycles. The summed E-state index contributed by atoms with van der Waals surface area (Å²) in [5.74, 6) is 1.42. The van der Waals surface area contributed by atoms with E-state index in [4.69, 9.17) is 4.74 Å². The van der Waals surface area contributed by atoms with Gasteiger partial charge in [-0.3, -0.25) is 4.79 Å². The van der Waals surface area contributed by atoms with Gasteiger partial charge in [0.05, 0.1) is 19.1 Å². The molecule has 2 N–H and O–H groups in total. The molecule has 0 bridgehead atoms. The van der Waals surface area contributed by atoms with E-state index in [9.17, 15) is 4.79 Å². The molecule has 0 aromatic heterocycles. The first kappa shape index (κ1) is 11.5. The first-order valence-corrected chi connectivity index (χ1v) is 6.94. The van der Waals surface area contributed by atoms with Gasteiger partial charge in [-0.05, 0) is 38.1 Å². The summed E-state index contributed by atoms with van der Waals surface area (Å²) in [7, 11) is 0. The van der Waals surface area contributed by atoms with E-state index in [0.717, 1.165) is 39.0 Å². The van der Waals surface area contributed by atoms with Crippen LogP contribution < -0.4 is 10.6 Å². The molecule has 4 nitrogen and oxygen atoms in total. The van der Waals surface area contributed by atoms with Gasteiger partial charge >= 0.3 is 0 Å². The van der Waals surface area contributed by atoms with Crippen molar-refractivity contribution < 1.29 is 9.53 Å². The summed E-state index contributed by atoms with van der Waals surface area (Å²) in [5.41, 5.74) is 0. The monoisotopic (exact) mass is 238 g/mol. The van der Waals surface area contributed by atoms with Gasteiger partial charge in [0, 0.05) is 18.5 Å². The minimum Gasteiger partial charge on any atom is -0.377 e. The van der Waals surface area contributed by atoms with Gasteiger partial charge in [-0.1, -0.05) is 0 Å². The summed E-state index contributed by atoms with van der Waals surface area (Å²) in [4.78, 5) is 11.9. The normalized spacial score (nSPS) is 37.3. The van der Waals surface area contributed by atoms with Gasteiger partial charge in [-0.15, -0.1) is 0 Å². The van der Waals surface area contributed by atoms with Crippen molar-refractivity contribution in [3.05, 3.63) is 0 Å². The van der Waals surface area contributed by atoms with Gasteiger partial charge in [0.15, 0.2) is 0 Å². The number of nitrogens with one attached hydrogen (secondary N) is 2. The third-order valence-corrected chi connectivity index (χ3v) is 4.53. The molecule has 0 spiro atoms. The number of carbonyl (C=O) groups is 1. The Labute approximate surface area is 102 Å². The lowest BCUT2D eigenvalue weighted by Crippen LogP contribution is -2.42. The Kier molecular flexibility index (Phi) is 3.34. The quantitative estimate of drug-likeness (QED) is 0.760. The highest BCUT2D eigenvalue weighted by molar-refractivity contribution is 5.77. The number of fused-ring (bicyclic) bond motifs is 1. The number of piperidine rings is 1. The molecule has 4 heteroatoms. The number of carbonyl (C=O) groups excluding carboxylic acids is 1. The highest BCUT2D eigenvalue weighted by Gasteiger charge is 2.39. The summed E-state index contributed by atoms with van der Waals surface area (Å²) in [6.45, 7) is 2.97. The van der Waals surface area contributed by atoms with Crippen LogP contribution in [0.5, 0.6) is 0 Å². The molecule has 0 aromatic rings. The molecule has 1 amide bonds. The fourth-order valence-electron chi connectivity index (χ4n) is 3.22. The van der Waals surface area contributed by atoms with Crippen LogP contribution in [-0.4, -0.2) is 37.7 Å². The highest BCUT2D eigenvalue weighted by atomic mass is 16.5. The Hall–Kier alpha value is -0.610. The molecule has 3 atom stereocenters. The van der Waals surface area contributed by atoms with Crippen LogP contribution in [0.3, 0.4) is 0 Å². The number of hydrogen-bond acceptors (Lipinski definition) is 3. The van der Waals surface area contributed by atoms with E-state index in [2.05, 4.69) is 10.6 Å². The summed E-state index contributed by atoms with van der Waals surface area (Å²) >= 11 is 0. The number of ether oxygens (including phenoxy) is 1. The first-order valence-electron chi connectivity index (χ1n) is 6.94. The molecular formula is C13H22N2O2. The zero-order valence-electron chi connectivity index (χ0n) is 10.3. The summed E-state index contributed by atoms with van der Waals surface area (Å²) in [5, 5.41) is 6.50. The third kappa shape index (κ3) is 2.47.